The van der Waals surface area contributed by atoms with E-state index in [0.29, 0.717) is 31.7 Å². The van der Waals surface area contributed by atoms with Gasteiger partial charge in [0.25, 0.3) is 0 Å². The van der Waals surface area contributed by atoms with Crippen molar-refractivity contribution >= 4 is 11.5 Å². The van der Waals surface area contributed by atoms with Crippen LogP contribution in [0.3, 0.4) is 0 Å². The van der Waals surface area contributed by atoms with Crippen LogP contribution in [0.15, 0.2) is 24.3 Å². The molecular weight excluding hydrogens is 407 g/mol. The Kier molecular flexibility index (Phi) is 5.90. The standard InChI is InChI=1S/C22H26F3N5O/c1-14-11-20(29-7-9-31-10-8-29)28-30-19(18(13-26-3)27-21(14)30)12-16-5-4-6-17(15(16)2)22(23,24)25/h4-6,11,26H,7-10,12-13H2,1-3H3. The van der Waals surface area contributed by atoms with Crippen LogP contribution < -0.4 is 10.2 Å². The lowest BCUT2D eigenvalue weighted by molar-refractivity contribution is -0.138. The average molecular weight is 433 g/mol. The van der Waals surface area contributed by atoms with Crippen LogP contribution in [0.25, 0.3) is 5.65 Å². The Morgan fingerprint density at radius 3 is 2.58 bits per heavy atom. The van der Waals surface area contributed by atoms with Crippen molar-refractivity contribution in [3.63, 3.8) is 0 Å². The summed E-state index contributed by atoms with van der Waals surface area (Å²) < 4.78 is 47.5. The van der Waals surface area contributed by atoms with Crippen LogP contribution in [0.5, 0.6) is 0 Å². The first-order chi connectivity index (χ1) is 14.8. The molecule has 3 aromatic rings. The molecule has 3 heterocycles. The Balaban J connectivity index is 1.82. The summed E-state index contributed by atoms with van der Waals surface area (Å²) in [5.74, 6) is 0.823. The normalized spacial score (nSPS) is 15.1. The van der Waals surface area contributed by atoms with Crippen LogP contribution >= 0.6 is 0 Å². The molecule has 0 aliphatic carbocycles. The quantitative estimate of drug-likeness (QED) is 0.668. The van der Waals surface area contributed by atoms with Gasteiger partial charge in [-0.1, -0.05) is 12.1 Å². The first-order valence-corrected chi connectivity index (χ1v) is 10.3. The molecule has 6 nitrogen and oxygen atoms in total. The molecule has 31 heavy (non-hydrogen) atoms. The van der Waals surface area contributed by atoms with E-state index in [-0.39, 0.29) is 5.56 Å². The number of anilines is 1. The van der Waals surface area contributed by atoms with Gasteiger partial charge >= 0.3 is 6.18 Å². The first kappa shape index (κ1) is 21.6. The summed E-state index contributed by atoms with van der Waals surface area (Å²) in [7, 11) is 1.82. The number of fused-ring (bicyclic) bond motifs is 1. The Bertz CT molecular complexity index is 1090. The SMILES string of the molecule is CNCc1nc2c(C)cc(N3CCOCC3)nn2c1Cc1cccc(C(F)(F)F)c1C. The third kappa shape index (κ3) is 4.24. The number of nitrogens with zero attached hydrogens (tertiary/aromatic N) is 4. The van der Waals surface area contributed by atoms with Crippen LogP contribution in [0.4, 0.5) is 19.0 Å². The summed E-state index contributed by atoms with van der Waals surface area (Å²) in [6.45, 7) is 6.79. The highest BCUT2D eigenvalue weighted by Crippen LogP contribution is 2.34. The molecule has 1 aromatic carbocycles. The van der Waals surface area contributed by atoms with E-state index in [4.69, 9.17) is 14.8 Å². The molecule has 9 heteroatoms. The predicted molar refractivity (Wildman–Crippen MR) is 113 cm³/mol. The highest BCUT2D eigenvalue weighted by atomic mass is 19.4. The van der Waals surface area contributed by atoms with E-state index < -0.39 is 11.7 Å². The number of imidazole rings is 1. The van der Waals surface area contributed by atoms with Gasteiger partial charge in [-0.25, -0.2) is 9.50 Å². The summed E-state index contributed by atoms with van der Waals surface area (Å²) in [6.07, 6.45) is -4.07. The molecule has 0 bridgehead atoms. The number of aryl methyl sites for hydroxylation is 1. The third-order valence-electron chi connectivity index (χ3n) is 5.72. The lowest BCUT2D eigenvalue weighted by atomic mass is 9.98. The zero-order valence-electron chi connectivity index (χ0n) is 17.9. The minimum Gasteiger partial charge on any atom is -0.378 e. The van der Waals surface area contributed by atoms with E-state index in [1.807, 2.05) is 20.0 Å². The fourth-order valence-electron chi connectivity index (χ4n) is 4.04. The molecular formula is C22H26F3N5O. The highest BCUT2D eigenvalue weighted by Gasteiger charge is 2.33. The van der Waals surface area contributed by atoms with Crippen LogP contribution in [-0.4, -0.2) is 47.9 Å². The molecule has 0 atom stereocenters. The number of hydrogen-bond acceptors (Lipinski definition) is 5. The lowest BCUT2D eigenvalue weighted by Crippen LogP contribution is -2.37. The molecule has 1 aliphatic rings. The molecule has 0 radical (unpaired) electrons. The van der Waals surface area contributed by atoms with Crippen molar-refractivity contribution in [3.8, 4) is 0 Å². The summed E-state index contributed by atoms with van der Waals surface area (Å²) in [4.78, 5) is 6.92. The van der Waals surface area contributed by atoms with Crippen molar-refractivity contribution < 1.29 is 17.9 Å². The van der Waals surface area contributed by atoms with E-state index in [9.17, 15) is 13.2 Å². The minimum atomic E-state index is -4.38. The number of morpholine rings is 1. The van der Waals surface area contributed by atoms with Gasteiger partial charge in [0, 0.05) is 26.1 Å². The van der Waals surface area contributed by atoms with Gasteiger partial charge in [0.15, 0.2) is 5.65 Å². The second-order valence-corrected chi connectivity index (χ2v) is 7.82. The Morgan fingerprint density at radius 1 is 1.16 bits per heavy atom. The third-order valence-corrected chi connectivity index (χ3v) is 5.72. The molecule has 1 N–H and O–H groups in total. The maximum absolute atomic E-state index is 13.4. The van der Waals surface area contributed by atoms with Gasteiger partial charge in [-0.3, -0.25) is 0 Å². The zero-order chi connectivity index (χ0) is 22.2. The van der Waals surface area contributed by atoms with Gasteiger partial charge in [0.2, 0.25) is 0 Å². The van der Waals surface area contributed by atoms with Gasteiger partial charge in [-0.05, 0) is 49.7 Å². The topological polar surface area (TPSA) is 54.7 Å². The fourth-order valence-corrected chi connectivity index (χ4v) is 4.04. The average Bonchev–Trinajstić information content (AvgIpc) is 3.07. The van der Waals surface area contributed by atoms with Crippen molar-refractivity contribution in [1.82, 2.24) is 19.9 Å². The molecule has 0 saturated carbocycles. The maximum Gasteiger partial charge on any atom is 0.416 e. The number of ether oxygens (including phenoxy) is 1. The van der Waals surface area contributed by atoms with E-state index in [2.05, 4.69) is 10.2 Å². The summed E-state index contributed by atoms with van der Waals surface area (Å²) in [5.41, 5.74) is 3.53. The molecule has 4 rings (SSSR count). The Hall–Kier alpha value is -2.65. The van der Waals surface area contributed by atoms with Gasteiger partial charge < -0.3 is 15.0 Å². The van der Waals surface area contributed by atoms with Crippen LogP contribution in [0.2, 0.25) is 0 Å². The molecule has 166 valence electrons. The van der Waals surface area contributed by atoms with Gasteiger partial charge in [0.05, 0.1) is 30.2 Å². The summed E-state index contributed by atoms with van der Waals surface area (Å²) >= 11 is 0. The Morgan fingerprint density at radius 2 is 1.90 bits per heavy atom. The number of rotatable bonds is 5. The summed E-state index contributed by atoms with van der Waals surface area (Å²) in [5, 5.41) is 7.94. The summed E-state index contributed by atoms with van der Waals surface area (Å²) in [6, 6.07) is 6.34. The van der Waals surface area contributed by atoms with Crippen molar-refractivity contribution in [1.29, 1.82) is 0 Å². The van der Waals surface area contributed by atoms with Gasteiger partial charge in [-0.2, -0.15) is 13.2 Å². The van der Waals surface area contributed by atoms with Crippen LogP contribution in [0, 0.1) is 13.8 Å². The number of benzene rings is 1. The number of nitrogens with one attached hydrogen (secondary N) is 1. The Labute approximate surface area is 179 Å². The minimum absolute atomic E-state index is 0.237. The van der Waals surface area contributed by atoms with Crippen molar-refractivity contribution in [2.45, 2.75) is 33.0 Å². The molecule has 1 fully saturated rings. The maximum atomic E-state index is 13.4. The molecule has 0 amide bonds. The van der Waals surface area contributed by atoms with Crippen molar-refractivity contribution in [3.05, 3.63) is 57.9 Å². The number of halogens is 3. The molecule has 1 saturated heterocycles. The van der Waals surface area contributed by atoms with Crippen LogP contribution in [-0.2, 0) is 23.9 Å². The number of alkyl halides is 3. The second kappa shape index (κ2) is 8.47. The number of aromatic nitrogens is 3. The van der Waals surface area contributed by atoms with Crippen molar-refractivity contribution in [2.75, 3.05) is 38.3 Å². The molecule has 1 aliphatic heterocycles. The fraction of sp³-hybridized carbons (Fsp3) is 0.455. The van der Waals surface area contributed by atoms with E-state index in [1.165, 1.54) is 13.0 Å². The van der Waals surface area contributed by atoms with E-state index in [0.717, 1.165) is 47.6 Å². The monoisotopic (exact) mass is 433 g/mol. The molecule has 0 spiro atoms. The first-order valence-electron chi connectivity index (χ1n) is 10.3. The van der Waals surface area contributed by atoms with Gasteiger partial charge in [0.1, 0.15) is 5.82 Å². The molecule has 2 aromatic heterocycles. The van der Waals surface area contributed by atoms with Crippen molar-refractivity contribution in [2.24, 2.45) is 0 Å². The highest BCUT2D eigenvalue weighted by molar-refractivity contribution is 5.56. The number of hydrogen-bond donors (Lipinski definition) is 1. The smallest absolute Gasteiger partial charge is 0.378 e. The predicted octanol–water partition coefficient (Wildman–Crippen LogP) is 3.51. The largest absolute Gasteiger partial charge is 0.416 e. The lowest BCUT2D eigenvalue weighted by Gasteiger charge is -2.28. The second-order valence-electron chi connectivity index (χ2n) is 7.82. The van der Waals surface area contributed by atoms with E-state index in [1.54, 1.807) is 10.6 Å². The molecule has 0 unspecified atom stereocenters. The van der Waals surface area contributed by atoms with Gasteiger partial charge in [-0.15, -0.1) is 5.10 Å². The van der Waals surface area contributed by atoms with Crippen LogP contribution in [0.1, 0.15) is 33.6 Å². The zero-order valence-corrected chi connectivity index (χ0v) is 17.9. The van der Waals surface area contributed by atoms with E-state index >= 15 is 0 Å².